The van der Waals surface area contributed by atoms with Gasteiger partial charge in [0.2, 0.25) is 0 Å². The van der Waals surface area contributed by atoms with Gasteiger partial charge in [0.25, 0.3) is 0 Å². The molecule has 0 bridgehead atoms. The number of ether oxygens (including phenoxy) is 2. The Balaban J connectivity index is 2.32. The van der Waals surface area contributed by atoms with Crippen LogP contribution in [0.5, 0.6) is 11.5 Å². The SMILES string of the molecule is COc1cc(Br)c(/C=C(/CN)C2CCCCC2)cc1OC. The summed E-state index contributed by atoms with van der Waals surface area (Å²) in [7, 11) is 3.30. The van der Waals surface area contributed by atoms with Gasteiger partial charge in [-0.3, -0.25) is 0 Å². The number of methoxy groups -OCH3 is 2. The van der Waals surface area contributed by atoms with Gasteiger partial charge in [-0.05, 0) is 36.5 Å². The van der Waals surface area contributed by atoms with Crippen molar-refractivity contribution >= 4 is 22.0 Å². The number of halogens is 1. The number of nitrogens with two attached hydrogens (primary N) is 1. The topological polar surface area (TPSA) is 44.5 Å². The summed E-state index contributed by atoms with van der Waals surface area (Å²) >= 11 is 3.61. The second-order valence-electron chi connectivity index (χ2n) is 5.49. The van der Waals surface area contributed by atoms with Crippen molar-refractivity contribution in [1.29, 1.82) is 0 Å². The maximum atomic E-state index is 5.99. The zero-order chi connectivity index (χ0) is 15.2. The van der Waals surface area contributed by atoms with Crippen LogP contribution in [0.25, 0.3) is 6.08 Å². The molecule has 0 radical (unpaired) electrons. The Hall–Kier alpha value is -1.00. The van der Waals surface area contributed by atoms with E-state index in [0.717, 1.165) is 21.5 Å². The average Bonchev–Trinajstić information content (AvgIpc) is 2.54. The molecule has 0 heterocycles. The van der Waals surface area contributed by atoms with E-state index in [2.05, 4.69) is 22.0 Å². The predicted octanol–water partition coefficient (Wildman–Crippen LogP) is 4.39. The zero-order valence-corrected chi connectivity index (χ0v) is 14.4. The highest BCUT2D eigenvalue weighted by Crippen LogP contribution is 2.36. The van der Waals surface area contributed by atoms with Crippen molar-refractivity contribution in [3.05, 3.63) is 27.7 Å². The molecule has 0 amide bonds. The van der Waals surface area contributed by atoms with Crippen molar-refractivity contribution in [2.75, 3.05) is 20.8 Å². The van der Waals surface area contributed by atoms with Gasteiger partial charge in [0.15, 0.2) is 11.5 Å². The van der Waals surface area contributed by atoms with Crippen LogP contribution in [0, 0.1) is 5.92 Å². The van der Waals surface area contributed by atoms with E-state index in [1.165, 1.54) is 37.7 Å². The van der Waals surface area contributed by atoms with Crippen LogP contribution in [0.2, 0.25) is 0 Å². The molecule has 116 valence electrons. The van der Waals surface area contributed by atoms with E-state index in [4.69, 9.17) is 15.2 Å². The lowest BCUT2D eigenvalue weighted by Crippen LogP contribution is -2.16. The van der Waals surface area contributed by atoms with Gasteiger partial charge in [-0.15, -0.1) is 0 Å². The monoisotopic (exact) mass is 353 g/mol. The first-order valence-electron chi connectivity index (χ1n) is 7.51. The zero-order valence-electron chi connectivity index (χ0n) is 12.8. The van der Waals surface area contributed by atoms with E-state index in [1.807, 2.05) is 12.1 Å². The van der Waals surface area contributed by atoms with Crippen LogP contribution < -0.4 is 15.2 Å². The van der Waals surface area contributed by atoms with Gasteiger partial charge in [-0.25, -0.2) is 0 Å². The van der Waals surface area contributed by atoms with Crippen LogP contribution in [-0.4, -0.2) is 20.8 Å². The molecule has 2 N–H and O–H groups in total. The summed E-state index contributed by atoms with van der Waals surface area (Å²) in [6, 6.07) is 3.95. The number of hydrogen-bond acceptors (Lipinski definition) is 3. The molecule has 0 atom stereocenters. The Morgan fingerprint density at radius 2 is 1.81 bits per heavy atom. The van der Waals surface area contributed by atoms with Crippen LogP contribution in [-0.2, 0) is 0 Å². The Kier molecular flexibility index (Phi) is 6.12. The van der Waals surface area contributed by atoms with Gasteiger partial charge in [0, 0.05) is 11.0 Å². The molecule has 4 heteroatoms. The highest BCUT2D eigenvalue weighted by Gasteiger charge is 2.17. The van der Waals surface area contributed by atoms with Crippen LogP contribution in [0.15, 0.2) is 22.2 Å². The van der Waals surface area contributed by atoms with Crippen LogP contribution in [0.3, 0.4) is 0 Å². The van der Waals surface area contributed by atoms with E-state index >= 15 is 0 Å². The van der Waals surface area contributed by atoms with Crippen LogP contribution >= 0.6 is 15.9 Å². The Morgan fingerprint density at radius 1 is 1.19 bits per heavy atom. The molecule has 1 aromatic rings. The van der Waals surface area contributed by atoms with Gasteiger partial charge < -0.3 is 15.2 Å². The summed E-state index contributed by atoms with van der Waals surface area (Å²) in [6.45, 7) is 0.617. The van der Waals surface area contributed by atoms with Crippen LogP contribution in [0.4, 0.5) is 0 Å². The smallest absolute Gasteiger partial charge is 0.161 e. The summed E-state index contributed by atoms with van der Waals surface area (Å²) in [5, 5.41) is 0. The molecule has 1 fully saturated rings. The summed E-state index contributed by atoms with van der Waals surface area (Å²) in [5.41, 5.74) is 8.42. The molecule has 0 saturated heterocycles. The maximum absolute atomic E-state index is 5.99. The Bertz CT molecular complexity index is 508. The molecule has 3 nitrogen and oxygen atoms in total. The quantitative estimate of drug-likeness (QED) is 0.853. The van der Waals surface area contributed by atoms with Crippen molar-refractivity contribution in [1.82, 2.24) is 0 Å². The van der Waals surface area contributed by atoms with E-state index in [9.17, 15) is 0 Å². The molecule has 1 saturated carbocycles. The molecular weight excluding hydrogens is 330 g/mol. The molecule has 1 aliphatic carbocycles. The average molecular weight is 354 g/mol. The lowest BCUT2D eigenvalue weighted by atomic mass is 9.83. The van der Waals surface area contributed by atoms with Crippen molar-refractivity contribution < 1.29 is 9.47 Å². The Labute approximate surface area is 135 Å². The first-order chi connectivity index (χ1) is 10.2. The van der Waals surface area contributed by atoms with Crippen LogP contribution in [0.1, 0.15) is 37.7 Å². The second-order valence-corrected chi connectivity index (χ2v) is 6.34. The summed E-state index contributed by atoms with van der Waals surface area (Å²) < 4.78 is 11.7. The second kappa shape index (κ2) is 7.85. The van der Waals surface area contributed by atoms with E-state index in [0.29, 0.717) is 12.5 Å². The fraction of sp³-hybridized carbons (Fsp3) is 0.529. The fourth-order valence-electron chi connectivity index (χ4n) is 3.00. The van der Waals surface area contributed by atoms with Crippen molar-refractivity contribution in [3.8, 4) is 11.5 Å². The largest absolute Gasteiger partial charge is 0.493 e. The predicted molar refractivity (Wildman–Crippen MR) is 90.9 cm³/mol. The van der Waals surface area contributed by atoms with Crippen molar-refractivity contribution in [3.63, 3.8) is 0 Å². The number of benzene rings is 1. The molecule has 0 aliphatic heterocycles. The van der Waals surface area contributed by atoms with Gasteiger partial charge in [-0.1, -0.05) is 46.8 Å². The molecule has 0 aromatic heterocycles. The summed E-state index contributed by atoms with van der Waals surface area (Å²) in [5.74, 6) is 2.10. The first kappa shape index (κ1) is 16.4. The molecule has 0 unspecified atom stereocenters. The molecule has 1 aromatic carbocycles. The highest BCUT2D eigenvalue weighted by molar-refractivity contribution is 9.10. The molecule has 1 aliphatic rings. The normalized spacial score (nSPS) is 16.9. The minimum atomic E-state index is 0.617. The maximum Gasteiger partial charge on any atom is 0.161 e. The van der Waals surface area contributed by atoms with E-state index in [-0.39, 0.29) is 0 Å². The van der Waals surface area contributed by atoms with Gasteiger partial charge >= 0.3 is 0 Å². The standard InChI is InChI=1S/C17H24BrNO2/c1-20-16-9-13(15(18)10-17(16)21-2)8-14(11-19)12-6-4-3-5-7-12/h8-10,12H,3-7,11,19H2,1-2H3/b14-8-. The summed E-state index contributed by atoms with van der Waals surface area (Å²) in [6.07, 6.45) is 8.71. The minimum Gasteiger partial charge on any atom is -0.493 e. The molecule has 0 spiro atoms. The lowest BCUT2D eigenvalue weighted by Gasteiger charge is -2.24. The number of rotatable bonds is 5. The van der Waals surface area contributed by atoms with Crippen molar-refractivity contribution in [2.24, 2.45) is 11.7 Å². The minimum absolute atomic E-state index is 0.617. The summed E-state index contributed by atoms with van der Waals surface area (Å²) in [4.78, 5) is 0. The lowest BCUT2D eigenvalue weighted by molar-refractivity contribution is 0.354. The molecular formula is C17H24BrNO2. The van der Waals surface area contributed by atoms with Gasteiger partial charge in [0.1, 0.15) is 0 Å². The molecule has 21 heavy (non-hydrogen) atoms. The third-order valence-corrected chi connectivity index (χ3v) is 4.90. The Morgan fingerprint density at radius 3 is 2.38 bits per heavy atom. The molecule has 2 rings (SSSR count). The van der Waals surface area contributed by atoms with Gasteiger partial charge in [-0.2, -0.15) is 0 Å². The number of hydrogen-bond donors (Lipinski definition) is 1. The fourth-order valence-corrected chi connectivity index (χ4v) is 3.43. The third kappa shape index (κ3) is 4.01. The first-order valence-corrected chi connectivity index (χ1v) is 8.31. The van der Waals surface area contributed by atoms with E-state index < -0.39 is 0 Å². The van der Waals surface area contributed by atoms with E-state index in [1.54, 1.807) is 14.2 Å². The van der Waals surface area contributed by atoms with Gasteiger partial charge in [0.05, 0.1) is 14.2 Å². The van der Waals surface area contributed by atoms with Crippen molar-refractivity contribution in [2.45, 2.75) is 32.1 Å². The third-order valence-electron chi connectivity index (χ3n) is 4.21. The highest BCUT2D eigenvalue weighted by atomic mass is 79.9.